The largest absolute Gasteiger partial charge is 0.316 e. The van der Waals surface area contributed by atoms with Crippen molar-refractivity contribution in [3.63, 3.8) is 0 Å². The first-order chi connectivity index (χ1) is 10.9. The molecule has 2 aromatic heterocycles. The molecule has 1 aliphatic heterocycles. The minimum atomic E-state index is 0.638. The van der Waals surface area contributed by atoms with E-state index in [0.717, 1.165) is 42.1 Å². The third kappa shape index (κ3) is 2.48. The average molecular weight is 293 g/mol. The molecule has 0 aliphatic carbocycles. The van der Waals surface area contributed by atoms with Gasteiger partial charge in [-0.25, -0.2) is 9.97 Å². The first-order valence-corrected chi connectivity index (χ1v) is 7.85. The number of imidazole rings is 1. The fourth-order valence-electron chi connectivity index (χ4n) is 3.20. The van der Waals surface area contributed by atoms with Crippen LogP contribution in [0, 0.1) is 5.92 Å². The van der Waals surface area contributed by atoms with Gasteiger partial charge < -0.3 is 5.32 Å². The second-order valence-electron chi connectivity index (χ2n) is 5.85. The Hall–Kier alpha value is -2.27. The summed E-state index contributed by atoms with van der Waals surface area (Å²) in [6.45, 7) is 2.21. The van der Waals surface area contributed by atoms with Gasteiger partial charge in [0.2, 0.25) is 0 Å². The van der Waals surface area contributed by atoms with Gasteiger partial charge in [-0.2, -0.15) is 0 Å². The summed E-state index contributed by atoms with van der Waals surface area (Å²) in [5.41, 5.74) is 3.11. The lowest BCUT2D eigenvalue weighted by Gasteiger charge is -2.23. The molecule has 4 rings (SSSR count). The molecule has 1 aromatic carbocycles. The van der Waals surface area contributed by atoms with Crippen LogP contribution in [-0.4, -0.2) is 32.6 Å². The standard InChI is InChI=1S/C17H19N5/c1-2-6-16-14(5-1)21-12-22(16)17-15(19-8-9-20-17)10-13-4-3-7-18-11-13/h1-2,5-6,8-9,12-13,18H,3-4,7,10-11H2. The molecule has 3 aromatic rings. The number of hydrogen-bond donors (Lipinski definition) is 1. The van der Waals surface area contributed by atoms with Gasteiger partial charge in [0.15, 0.2) is 5.82 Å². The number of rotatable bonds is 3. The van der Waals surface area contributed by atoms with Crippen molar-refractivity contribution >= 4 is 11.0 Å². The molecular weight excluding hydrogens is 274 g/mol. The summed E-state index contributed by atoms with van der Waals surface area (Å²) in [5.74, 6) is 1.54. The van der Waals surface area contributed by atoms with Crippen LogP contribution in [0.1, 0.15) is 18.5 Å². The van der Waals surface area contributed by atoms with E-state index in [1.54, 1.807) is 12.4 Å². The second-order valence-corrected chi connectivity index (χ2v) is 5.85. The Balaban J connectivity index is 1.72. The minimum absolute atomic E-state index is 0.638. The van der Waals surface area contributed by atoms with Crippen molar-refractivity contribution in [3.8, 4) is 5.82 Å². The Morgan fingerprint density at radius 2 is 2.05 bits per heavy atom. The van der Waals surface area contributed by atoms with Gasteiger partial charge in [-0.05, 0) is 50.4 Å². The van der Waals surface area contributed by atoms with Crippen LogP contribution in [0.5, 0.6) is 0 Å². The van der Waals surface area contributed by atoms with E-state index < -0.39 is 0 Å². The van der Waals surface area contributed by atoms with Crippen LogP contribution in [0.4, 0.5) is 0 Å². The predicted octanol–water partition coefficient (Wildman–Crippen LogP) is 2.36. The monoisotopic (exact) mass is 293 g/mol. The topological polar surface area (TPSA) is 55.6 Å². The Morgan fingerprint density at radius 1 is 1.14 bits per heavy atom. The molecule has 1 aliphatic rings. The Labute approximate surface area is 129 Å². The Kier molecular flexibility index (Phi) is 3.56. The van der Waals surface area contributed by atoms with E-state index in [1.165, 1.54) is 12.8 Å². The van der Waals surface area contributed by atoms with Crippen molar-refractivity contribution in [1.29, 1.82) is 0 Å². The van der Waals surface area contributed by atoms with E-state index in [9.17, 15) is 0 Å². The molecular formula is C17H19N5. The van der Waals surface area contributed by atoms with E-state index in [2.05, 4.69) is 26.3 Å². The Morgan fingerprint density at radius 3 is 2.95 bits per heavy atom. The lowest BCUT2D eigenvalue weighted by Crippen LogP contribution is -2.31. The molecule has 0 radical (unpaired) electrons. The molecule has 22 heavy (non-hydrogen) atoms. The van der Waals surface area contributed by atoms with E-state index in [-0.39, 0.29) is 0 Å². The molecule has 5 heteroatoms. The smallest absolute Gasteiger partial charge is 0.160 e. The van der Waals surface area contributed by atoms with Crippen molar-refractivity contribution in [2.75, 3.05) is 13.1 Å². The van der Waals surface area contributed by atoms with Crippen molar-refractivity contribution in [3.05, 3.63) is 48.7 Å². The van der Waals surface area contributed by atoms with Crippen LogP contribution in [0.2, 0.25) is 0 Å². The molecule has 0 amide bonds. The number of hydrogen-bond acceptors (Lipinski definition) is 4. The Bertz CT molecular complexity index is 773. The summed E-state index contributed by atoms with van der Waals surface area (Å²) in [6, 6.07) is 8.13. The zero-order chi connectivity index (χ0) is 14.8. The van der Waals surface area contributed by atoms with Crippen molar-refractivity contribution in [2.45, 2.75) is 19.3 Å². The number of piperidine rings is 1. The molecule has 112 valence electrons. The maximum Gasteiger partial charge on any atom is 0.160 e. The van der Waals surface area contributed by atoms with Crippen molar-refractivity contribution in [2.24, 2.45) is 5.92 Å². The molecule has 1 atom stereocenters. The van der Waals surface area contributed by atoms with E-state index in [0.29, 0.717) is 5.92 Å². The number of benzene rings is 1. The summed E-state index contributed by atoms with van der Waals surface area (Å²) in [6.07, 6.45) is 8.85. The lowest BCUT2D eigenvalue weighted by atomic mass is 9.94. The predicted molar refractivity (Wildman–Crippen MR) is 86.0 cm³/mol. The van der Waals surface area contributed by atoms with E-state index >= 15 is 0 Å². The molecule has 1 N–H and O–H groups in total. The fraction of sp³-hybridized carbons (Fsp3) is 0.353. The first kappa shape index (κ1) is 13.4. The summed E-state index contributed by atoms with van der Waals surface area (Å²) >= 11 is 0. The first-order valence-electron chi connectivity index (χ1n) is 7.85. The third-order valence-electron chi connectivity index (χ3n) is 4.31. The van der Waals surface area contributed by atoms with Gasteiger partial charge >= 0.3 is 0 Å². The van der Waals surface area contributed by atoms with E-state index in [1.807, 2.05) is 29.1 Å². The number of aromatic nitrogens is 4. The molecule has 5 nitrogen and oxygen atoms in total. The summed E-state index contributed by atoms with van der Waals surface area (Å²) in [7, 11) is 0. The normalized spacial score (nSPS) is 18.6. The maximum atomic E-state index is 4.60. The summed E-state index contributed by atoms with van der Waals surface area (Å²) in [5, 5.41) is 3.47. The zero-order valence-electron chi connectivity index (χ0n) is 12.4. The van der Waals surface area contributed by atoms with Gasteiger partial charge in [-0.3, -0.25) is 9.55 Å². The van der Waals surface area contributed by atoms with Crippen molar-refractivity contribution in [1.82, 2.24) is 24.8 Å². The molecule has 1 fully saturated rings. The lowest BCUT2D eigenvalue weighted by molar-refractivity contribution is 0.373. The average Bonchev–Trinajstić information content (AvgIpc) is 3.00. The molecule has 3 heterocycles. The van der Waals surface area contributed by atoms with Crippen LogP contribution in [-0.2, 0) is 6.42 Å². The van der Waals surface area contributed by atoms with Crippen LogP contribution in [0.15, 0.2) is 43.0 Å². The maximum absolute atomic E-state index is 4.60. The zero-order valence-corrected chi connectivity index (χ0v) is 12.4. The highest BCUT2D eigenvalue weighted by molar-refractivity contribution is 5.76. The quantitative estimate of drug-likeness (QED) is 0.805. The minimum Gasteiger partial charge on any atom is -0.316 e. The number of nitrogens with zero attached hydrogens (tertiary/aromatic N) is 4. The van der Waals surface area contributed by atoms with Gasteiger partial charge in [0.25, 0.3) is 0 Å². The SMILES string of the molecule is c1ccc2c(c1)ncn2-c1nccnc1CC1CCCNC1. The van der Waals surface area contributed by atoms with Crippen LogP contribution >= 0.6 is 0 Å². The van der Waals surface area contributed by atoms with Crippen LogP contribution < -0.4 is 5.32 Å². The summed E-state index contributed by atoms with van der Waals surface area (Å²) < 4.78 is 2.05. The molecule has 1 saturated heterocycles. The highest BCUT2D eigenvalue weighted by Gasteiger charge is 2.18. The van der Waals surface area contributed by atoms with Gasteiger partial charge in [0.1, 0.15) is 6.33 Å². The van der Waals surface area contributed by atoms with E-state index in [4.69, 9.17) is 0 Å². The van der Waals surface area contributed by atoms with Crippen LogP contribution in [0.25, 0.3) is 16.9 Å². The fourth-order valence-corrected chi connectivity index (χ4v) is 3.20. The van der Waals surface area contributed by atoms with Crippen molar-refractivity contribution < 1.29 is 0 Å². The highest BCUT2D eigenvalue weighted by atomic mass is 15.1. The molecule has 0 spiro atoms. The second kappa shape index (κ2) is 5.85. The number of para-hydroxylation sites is 2. The van der Waals surface area contributed by atoms with Gasteiger partial charge in [0.05, 0.1) is 16.7 Å². The number of fused-ring (bicyclic) bond motifs is 1. The molecule has 0 saturated carbocycles. The molecule has 1 unspecified atom stereocenters. The van der Waals surface area contributed by atoms with Gasteiger partial charge in [-0.15, -0.1) is 0 Å². The van der Waals surface area contributed by atoms with Crippen LogP contribution in [0.3, 0.4) is 0 Å². The number of nitrogens with one attached hydrogen (secondary N) is 1. The summed E-state index contributed by atoms with van der Waals surface area (Å²) in [4.78, 5) is 13.6. The molecule has 0 bridgehead atoms. The van der Waals surface area contributed by atoms with Gasteiger partial charge in [0, 0.05) is 12.4 Å². The van der Waals surface area contributed by atoms with Gasteiger partial charge in [-0.1, -0.05) is 12.1 Å². The highest BCUT2D eigenvalue weighted by Crippen LogP contribution is 2.22. The third-order valence-corrected chi connectivity index (χ3v) is 4.31.